The van der Waals surface area contributed by atoms with Crippen molar-refractivity contribution in [3.8, 4) is 0 Å². The lowest BCUT2D eigenvalue weighted by atomic mass is 9.95. The first-order valence-corrected chi connectivity index (χ1v) is 12.7. The first kappa shape index (κ1) is 22.0. The fraction of sp³-hybridized carbons (Fsp3) is 0.462. The van der Waals surface area contributed by atoms with Gasteiger partial charge < -0.3 is 19.3 Å². The molecule has 174 valence electrons. The van der Waals surface area contributed by atoms with Crippen molar-refractivity contribution in [2.45, 2.75) is 26.7 Å². The lowest BCUT2D eigenvalue weighted by Crippen LogP contribution is -2.53. The second-order valence-corrected chi connectivity index (χ2v) is 10.3. The van der Waals surface area contributed by atoms with E-state index < -0.39 is 0 Å². The van der Waals surface area contributed by atoms with E-state index in [-0.39, 0.29) is 17.7 Å². The first-order valence-electron chi connectivity index (χ1n) is 11.9. The molecule has 0 radical (unpaired) electrons. The number of anilines is 1. The summed E-state index contributed by atoms with van der Waals surface area (Å²) in [6.45, 7) is 8.75. The Morgan fingerprint density at radius 2 is 1.79 bits per heavy atom. The highest BCUT2D eigenvalue weighted by Gasteiger charge is 2.33. The molecule has 2 aromatic heterocycles. The van der Waals surface area contributed by atoms with Gasteiger partial charge in [-0.15, -0.1) is 11.3 Å². The van der Waals surface area contributed by atoms with Crippen LogP contribution in [0.1, 0.15) is 34.5 Å². The third-order valence-corrected chi connectivity index (χ3v) is 8.30. The van der Waals surface area contributed by atoms with Crippen LogP contribution in [0.5, 0.6) is 0 Å². The number of fused-ring (bicyclic) bond motifs is 1. The summed E-state index contributed by atoms with van der Waals surface area (Å²) in [5.41, 5.74) is 5.70. The molecule has 0 saturated carbocycles. The average molecular weight is 465 g/mol. The van der Waals surface area contributed by atoms with Crippen molar-refractivity contribution in [1.82, 2.24) is 14.4 Å². The summed E-state index contributed by atoms with van der Waals surface area (Å²) in [6, 6.07) is 10.5. The van der Waals surface area contributed by atoms with Crippen molar-refractivity contribution < 1.29 is 9.59 Å². The van der Waals surface area contributed by atoms with E-state index in [1.807, 2.05) is 27.5 Å². The summed E-state index contributed by atoms with van der Waals surface area (Å²) in [6.07, 6.45) is 1.74. The van der Waals surface area contributed by atoms with Crippen LogP contribution in [0.3, 0.4) is 0 Å². The maximum absolute atomic E-state index is 13.4. The smallest absolute Gasteiger partial charge is 0.270 e. The van der Waals surface area contributed by atoms with Crippen LogP contribution in [-0.4, -0.2) is 65.4 Å². The lowest BCUT2D eigenvalue weighted by molar-refractivity contribution is -0.137. The van der Waals surface area contributed by atoms with Gasteiger partial charge in [-0.2, -0.15) is 0 Å². The number of amides is 2. The highest BCUT2D eigenvalue weighted by atomic mass is 32.1. The van der Waals surface area contributed by atoms with Crippen LogP contribution >= 0.6 is 11.3 Å². The van der Waals surface area contributed by atoms with Gasteiger partial charge in [-0.1, -0.05) is 12.1 Å². The fourth-order valence-corrected chi connectivity index (χ4v) is 6.13. The summed E-state index contributed by atoms with van der Waals surface area (Å²) in [5.74, 6) is 0.149. The number of hydrogen-bond donors (Lipinski definition) is 0. The number of aromatic nitrogens is 1. The van der Waals surface area contributed by atoms with Crippen LogP contribution < -0.4 is 4.90 Å². The summed E-state index contributed by atoms with van der Waals surface area (Å²) in [7, 11) is 1.95. The van der Waals surface area contributed by atoms with Crippen LogP contribution in [0.4, 0.5) is 5.69 Å². The van der Waals surface area contributed by atoms with Gasteiger partial charge in [0.1, 0.15) is 5.69 Å². The number of piperidine rings is 1. The number of thiophene rings is 1. The second kappa shape index (κ2) is 8.86. The van der Waals surface area contributed by atoms with Crippen LogP contribution in [0.25, 0.3) is 10.2 Å². The van der Waals surface area contributed by atoms with Crippen LogP contribution in [0, 0.1) is 19.8 Å². The molecule has 2 aliphatic rings. The molecule has 1 unspecified atom stereocenters. The Labute approximate surface area is 199 Å². The van der Waals surface area contributed by atoms with Gasteiger partial charge >= 0.3 is 0 Å². The molecule has 2 fully saturated rings. The highest BCUT2D eigenvalue weighted by Crippen LogP contribution is 2.28. The Kier molecular flexibility index (Phi) is 5.91. The molecule has 1 atom stereocenters. The molecule has 5 rings (SSSR count). The van der Waals surface area contributed by atoms with Crippen molar-refractivity contribution >= 4 is 39.1 Å². The second-order valence-electron chi connectivity index (χ2n) is 9.38. The number of carbonyl (C=O) groups excluding carboxylic acids is 2. The maximum Gasteiger partial charge on any atom is 0.270 e. The number of piperazine rings is 1. The number of likely N-dealkylation sites (tertiary alicyclic amines) is 1. The standard InChI is InChI=1S/C26H32N4O2S/c1-18-6-4-8-21(19(18)2)28-11-13-29(14-12-28)25(31)20-7-5-10-30(17-20)26(32)23-16-24-22(27(23)3)9-15-33-24/h4,6,8-9,15-16,20H,5,7,10-14,17H2,1-3H3. The van der Waals surface area contributed by atoms with E-state index in [0.29, 0.717) is 12.2 Å². The Morgan fingerprint density at radius 1 is 1.00 bits per heavy atom. The monoisotopic (exact) mass is 464 g/mol. The van der Waals surface area contributed by atoms with Gasteiger partial charge in [0, 0.05) is 52.0 Å². The molecule has 4 heterocycles. The van der Waals surface area contributed by atoms with Crippen LogP contribution in [-0.2, 0) is 11.8 Å². The van der Waals surface area contributed by atoms with E-state index in [9.17, 15) is 9.59 Å². The minimum atomic E-state index is -0.101. The molecule has 6 nitrogen and oxygen atoms in total. The van der Waals surface area contributed by atoms with Crippen molar-refractivity contribution in [2.75, 3.05) is 44.2 Å². The van der Waals surface area contributed by atoms with Crippen molar-refractivity contribution in [2.24, 2.45) is 13.0 Å². The van der Waals surface area contributed by atoms with Gasteiger partial charge in [0.05, 0.1) is 16.1 Å². The number of aryl methyl sites for hydroxylation is 2. The SMILES string of the molecule is Cc1cccc(N2CCN(C(=O)C3CCCN(C(=O)c4cc5sccc5n4C)C3)CC2)c1C. The zero-order valence-electron chi connectivity index (χ0n) is 19.7. The van der Waals surface area contributed by atoms with Crippen molar-refractivity contribution in [1.29, 1.82) is 0 Å². The minimum Gasteiger partial charge on any atom is -0.368 e. The Morgan fingerprint density at radius 3 is 2.55 bits per heavy atom. The topological polar surface area (TPSA) is 48.8 Å². The van der Waals surface area contributed by atoms with E-state index in [1.54, 1.807) is 11.3 Å². The molecule has 0 aliphatic carbocycles. The fourth-order valence-electron chi connectivity index (χ4n) is 5.28. The van der Waals surface area contributed by atoms with Gasteiger partial charge in [-0.3, -0.25) is 9.59 Å². The highest BCUT2D eigenvalue weighted by molar-refractivity contribution is 7.17. The van der Waals surface area contributed by atoms with Crippen LogP contribution in [0.15, 0.2) is 35.7 Å². The van der Waals surface area contributed by atoms with Gasteiger partial charge in [-0.25, -0.2) is 0 Å². The summed E-state index contributed by atoms with van der Waals surface area (Å²) < 4.78 is 3.11. The van der Waals surface area contributed by atoms with E-state index in [4.69, 9.17) is 0 Å². The molecule has 1 aromatic carbocycles. The molecular weight excluding hydrogens is 432 g/mol. The molecule has 33 heavy (non-hydrogen) atoms. The third-order valence-electron chi connectivity index (χ3n) is 7.45. The number of carbonyl (C=O) groups is 2. The minimum absolute atomic E-state index is 0.0399. The van der Waals surface area contributed by atoms with E-state index in [0.717, 1.165) is 55.8 Å². The Balaban J connectivity index is 1.22. The number of rotatable bonds is 3. The van der Waals surface area contributed by atoms with E-state index in [1.165, 1.54) is 16.8 Å². The molecule has 0 bridgehead atoms. The predicted octanol–water partition coefficient (Wildman–Crippen LogP) is 4.06. The van der Waals surface area contributed by atoms with Gasteiger partial charge in [-0.05, 0) is 61.4 Å². The molecular formula is C26H32N4O2S. The van der Waals surface area contributed by atoms with E-state index >= 15 is 0 Å². The molecule has 2 aliphatic heterocycles. The third kappa shape index (κ3) is 4.03. The average Bonchev–Trinajstić information content (AvgIpc) is 3.43. The van der Waals surface area contributed by atoms with Crippen molar-refractivity contribution in [3.63, 3.8) is 0 Å². The largest absolute Gasteiger partial charge is 0.368 e. The molecule has 3 aromatic rings. The van der Waals surface area contributed by atoms with Crippen LogP contribution in [0.2, 0.25) is 0 Å². The predicted molar refractivity (Wildman–Crippen MR) is 134 cm³/mol. The maximum atomic E-state index is 13.4. The zero-order chi connectivity index (χ0) is 23.1. The Hall–Kier alpha value is -2.80. The number of hydrogen-bond acceptors (Lipinski definition) is 4. The summed E-state index contributed by atoms with van der Waals surface area (Å²) >= 11 is 1.65. The van der Waals surface area contributed by atoms with Crippen molar-refractivity contribution in [3.05, 3.63) is 52.5 Å². The molecule has 7 heteroatoms. The van der Waals surface area contributed by atoms with Gasteiger partial charge in [0.25, 0.3) is 5.91 Å². The molecule has 2 saturated heterocycles. The number of nitrogens with zero attached hydrogens (tertiary/aromatic N) is 4. The summed E-state index contributed by atoms with van der Waals surface area (Å²) in [5, 5.41) is 2.05. The molecule has 0 N–H and O–H groups in total. The van der Waals surface area contributed by atoms with E-state index in [2.05, 4.69) is 48.4 Å². The normalized spacial score (nSPS) is 19.4. The quantitative estimate of drug-likeness (QED) is 0.587. The zero-order valence-corrected chi connectivity index (χ0v) is 20.5. The lowest BCUT2D eigenvalue weighted by Gasteiger charge is -2.40. The Bertz CT molecular complexity index is 1190. The summed E-state index contributed by atoms with van der Waals surface area (Å²) in [4.78, 5) is 32.9. The first-order chi connectivity index (χ1) is 15.9. The number of benzene rings is 1. The molecule has 0 spiro atoms. The molecule has 2 amide bonds. The van der Waals surface area contributed by atoms with Gasteiger partial charge in [0.2, 0.25) is 5.91 Å². The van der Waals surface area contributed by atoms with Gasteiger partial charge in [0.15, 0.2) is 0 Å².